The zero-order chi connectivity index (χ0) is 9.26. The highest BCUT2D eigenvalue weighted by molar-refractivity contribution is 5.11. The lowest BCUT2D eigenvalue weighted by Crippen LogP contribution is -2.36. The van der Waals surface area contributed by atoms with Crippen molar-refractivity contribution in [2.45, 2.75) is 19.8 Å². The predicted molar refractivity (Wildman–Crippen MR) is 55.6 cm³/mol. The summed E-state index contributed by atoms with van der Waals surface area (Å²) in [5.74, 6) is 0.733. The minimum atomic E-state index is 0.733. The number of hydrogen-bond donors (Lipinski definition) is 0. The molecule has 1 unspecified atom stereocenters. The van der Waals surface area contributed by atoms with Crippen LogP contribution >= 0.6 is 0 Å². The van der Waals surface area contributed by atoms with Crippen LogP contribution < -0.4 is 0 Å². The summed E-state index contributed by atoms with van der Waals surface area (Å²) in [6.07, 6.45) is 5.19. The van der Waals surface area contributed by atoms with Gasteiger partial charge in [0.15, 0.2) is 0 Å². The van der Waals surface area contributed by atoms with Gasteiger partial charge < -0.3 is 9.80 Å². The molecule has 0 bridgehead atoms. The second kappa shape index (κ2) is 3.70. The van der Waals surface area contributed by atoms with E-state index in [-0.39, 0.29) is 0 Å². The van der Waals surface area contributed by atoms with Gasteiger partial charge in [0.2, 0.25) is 0 Å². The molecule has 0 saturated carbocycles. The lowest BCUT2D eigenvalue weighted by molar-refractivity contribution is 0.261. The summed E-state index contributed by atoms with van der Waals surface area (Å²) in [6.45, 7) is 7.29. The smallest absolute Gasteiger partial charge is 0.0180 e. The summed E-state index contributed by atoms with van der Waals surface area (Å²) < 4.78 is 0. The molecule has 74 valence electrons. The zero-order valence-corrected chi connectivity index (χ0v) is 8.79. The van der Waals surface area contributed by atoms with Crippen molar-refractivity contribution in [2.75, 3.05) is 33.2 Å². The van der Waals surface area contributed by atoms with Gasteiger partial charge in [-0.05, 0) is 19.9 Å². The standard InChI is InChI=1S/C11H20N2/c1-10-9-12(2)8-5-11(10)13-6-3-4-7-13/h5,10H,3-4,6-9H2,1-2H3. The van der Waals surface area contributed by atoms with Gasteiger partial charge in [-0.25, -0.2) is 0 Å². The van der Waals surface area contributed by atoms with Crippen molar-refractivity contribution in [3.8, 4) is 0 Å². The molecule has 1 atom stereocenters. The van der Waals surface area contributed by atoms with Crippen LogP contribution in [0.4, 0.5) is 0 Å². The highest BCUT2D eigenvalue weighted by atomic mass is 15.2. The van der Waals surface area contributed by atoms with Crippen molar-refractivity contribution in [1.82, 2.24) is 9.80 Å². The summed E-state index contributed by atoms with van der Waals surface area (Å²) in [7, 11) is 2.20. The minimum Gasteiger partial charge on any atom is -0.375 e. The summed E-state index contributed by atoms with van der Waals surface area (Å²) in [5, 5.41) is 0. The topological polar surface area (TPSA) is 6.48 Å². The Labute approximate surface area is 81.2 Å². The molecule has 0 spiro atoms. The Morgan fingerprint density at radius 1 is 1.31 bits per heavy atom. The van der Waals surface area contributed by atoms with E-state index in [1.807, 2.05) is 0 Å². The Balaban J connectivity index is 2.04. The lowest BCUT2D eigenvalue weighted by Gasteiger charge is -2.33. The molecule has 0 radical (unpaired) electrons. The largest absolute Gasteiger partial charge is 0.375 e. The van der Waals surface area contributed by atoms with Crippen molar-refractivity contribution < 1.29 is 0 Å². The van der Waals surface area contributed by atoms with Crippen LogP contribution in [0.2, 0.25) is 0 Å². The Kier molecular flexibility index (Phi) is 2.58. The summed E-state index contributed by atoms with van der Waals surface area (Å²) in [6, 6.07) is 0. The molecule has 2 heterocycles. The Hall–Kier alpha value is -0.500. The van der Waals surface area contributed by atoms with Gasteiger partial charge in [-0.2, -0.15) is 0 Å². The van der Waals surface area contributed by atoms with E-state index in [0.717, 1.165) is 12.5 Å². The van der Waals surface area contributed by atoms with Crippen LogP contribution in [-0.4, -0.2) is 43.0 Å². The third kappa shape index (κ3) is 1.88. The van der Waals surface area contributed by atoms with E-state index in [9.17, 15) is 0 Å². The molecule has 0 aliphatic carbocycles. The van der Waals surface area contributed by atoms with Crippen LogP contribution in [0.5, 0.6) is 0 Å². The number of likely N-dealkylation sites (tertiary alicyclic amines) is 1. The second-order valence-electron chi connectivity index (χ2n) is 4.45. The number of rotatable bonds is 1. The van der Waals surface area contributed by atoms with Crippen molar-refractivity contribution in [3.05, 3.63) is 11.8 Å². The van der Waals surface area contributed by atoms with Gasteiger partial charge in [0, 0.05) is 37.8 Å². The molecular formula is C11H20N2. The quantitative estimate of drug-likeness (QED) is 0.604. The number of likely N-dealkylation sites (N-methyl/N-ethyl adjacent to an activating group) is 1. The van der Waals surface area contributed by atoms with Crippen molar-refractivity contribution in [1.29, 1.82) is 0 Å². The molecule has 2 heteroatoms. The minimum absolute atomic E-state index is 0.733. The first-order valence-corrected chi connectivity index (χ1v) is 5.41. The molecule has 2 rings (SSSR count). The van der Waals surface area contributed by atoms with Gasteiger partial charge in [-0.15, -0.1) is 0 Å². The van der Waals surface area contributed by atoms with Gasteiger partial charge in [0.05, 0.1) is 0 Å². The van der Waals surface area contributed by atoms with Gasteiger partial charge in [-0.3, -0.25) is 0 Å². The summed E-state index contributed by atoms with van der Waals surface area (Å²) in [5.41, 5.74) is 1.61. The Morgan fingerprint density at radius 2 is 2.00 bits per heavy atom. The van der Waals surface area contributed by atoms with Crippen LogP contribution in [0.25, 0.3) is 0 Å². The number of hydrogen-bond acceptors (Lipinski definition) is 2. The predicted octanol–water partition coefficient (Wildman–Crippen LogP) is 1.55. The van der Waals surface area contributed by atoms with Crippen LogP contribution in [-0.2, 0) is 0 Å². The average molecular weight is 180 g/mol. The highest BCUT2D eigenvalue weighted by Gasteiger charge is 2.22. The summed E-state index contributed by atoms with van der Waals surface area (Å²) in [4.78, 5) is 4.97. The maximum Gasteiger partial charge on any atom is 0.0180 e. The monoisotopic (exact) mass is 180 g/mol. The van der Waals surface area contributed by atoms with E-state index >= 15 is 0 Å². The van der Waals surface area contributed by atoms with E-state index in [4.69, 9.17) is 0 Å². The molecule has 13 heavy (non-hydrogen) atoms. The van der Waals surface area contributed by atoms with Crippen LogP contribution in [0.3, 0.4) is 0 Å². The van der Waals surface area contributed by atoms with Gasteiger partial charge in [-0.1, -0.05) is 13.0 Å². The zero-order valence-electron chi connectivity index (χ0n) is 8.79. The van der Waals surface area contributed by atoms with Crippen molar-refractivity contribution in [2.24, 2.45) is 5.92 Å². The molecule has 0 aromatic carbocycles. The van der Waals surface area contributed by atoms with Crippen LogP contribution in [0, 0.1) is 5.92 Å². The third-order valence-corrected chi connectivity index (χ3v) is 3.17. The van der Waals surface area contributed by atoms with Crippen molar-refractivity contribution >= 4 is 0 Å². The fourth-order valence-electron chi connectivity index (χ4n) is 2.50. The molecule has 1 saturated heterocycles. The van der Waals surface area contributed by atoms with E-state index in [1.54, 1.807) is 5.70 Å². The fourth-order valence-corrected chi connectivity index (χ4v) is 2.50. The van der Waals surface area contributed by atoms with E-state index in [1.165, 1.54) is 32.5 Å². The SMILES string of the molecule is CC1CN(C)CC=C1N1CCCC1. The summed E-state index contributed by atoms with van der Waals surface area (Å²) >= 11 is 0. The van der Waals surface area contributed by atoms with Gasteiger partial charge >= 0.3 is 0 Å². The fraction of sp³-hybridized carbons (Fsp3) is 0.818. The maximum atomic E-state index is 2.58. The second-order valence-corrected chi connectivity index (χ2v) is 4.45. The van der Waals surface area contributed by atoms with Gasteiger partial charge in [0.25, 0.3) is 0 Å². The van der Waals surface area contributed by atoms with Crippen molar-refractivity contribution in [3.63, 3.8) is 0 Å². The lowest BCUT2D eigenvalue weighted by atomic mass is 10.0. The van der Waals surface area contributed by atoms with E-state index in [2.05, 4.69) is 29.8 Å². The highest BCUT2D eigenvalue weighted by Crippen LogP contribution is 2.24. The molecule has 0 aromatic heterocycles. The molecule has 1 fully saturated rings. The van der Waals surface area contributed by atoms with E-state index in [0.29, 0.717) is 0 Å². The Morgan fingerprint density at radius 3 is 2.62 bits per heavy atom. The average Bonchev–Trinajstić information content (AvgIpc) is 2.56. The van der Waals surface area contributed by atoms with E-state index < -0.39 is 0 Å². The van der Waals surface area contributed by atoms with Crippen LogP contribution in [0.1, 0.15) is 19.8 Å². The molecule has 2 nitrogen and oxygen atoms in total. The first-order chi connectivity index (χ1) is 6.27. The molecule has 2 aliphatic heterocycles. The molecule has 0 aromatic rings. The normalized spacial score (nSPS) is 30.8. The van der Waals surface area contributed by atoms with Crippen LogP contribution in [0.15, 0.2) is 11.8 Å². The maximum absolute atomic E-state index is 2.58. The Bertz CT molecular complexity index is 204. The molecule has 0 amide bonds. The molecule has 0 N–H and O–H groups in total. The number of nitrogens with zero attached hydrogens (tertiary/aromatic N) is 2. The third-order valence-electron chi connectivity index (χ3n) is 3.17. The molecule has 2 aliphatic rings. The van der Waals surface area contributed by atoms with Gasteiger partial charge in [0.1, 0.15) is 0 Å². The first-order valence-electron chi connectivity index (χ1n) is 5.41. The molecular weight excluding hydrogens is 160 g/mol. The first kappa shape index (κ1) is 9.07.